The van der Waals surface area contributed by atoms with Crippen molar-refractivity contribution in [3.05, 3.63) is 42.1 Å². The molecule has 5 nitrogen and oxygen atoms in total. The summed E-state index contributed by atoms with van der Waals surface area (Å²) in [4.78, 5) is 16.9. The zero-order valence-corrected chi connectivity index (χ0v) is 17.0. The number of amides is 1. The maximum atomic E-state index is 12.9. The number of aromatic nitrogens is 2. The van der Waals surface area contributed by atoms with E-state index < -0.39 is 0 Å². The third-order valence-corrected chi connectivity index (χ3v) is 5.50. The van der Waals surface area contributed by atoms with Gasteiger partial charge in [0.2, 0.25) is 5.91 Å². The van der Waals surface area contributed by atoms with E-state index in [1.54, 1.807) is 0 Å². The minimum atomic E-state index is -0.0608. The fourth-order valence-corrected chi connectivity index (χ4v) is 3.97. The molecule has 148 valence electrons. The standard InChI is InChI=1S/C23H30N4O/c1-4-15-27-17-9-8-14-21(27)23(28)25(2)16-10-13-20-18-22(26(3)24-20)19-11-6-5-7-12-19/h1,5-7,11-12,18,21H,8-10,13-17H2,2-3H3/t21-/m0/s1. The second-order valence-corrected chi connectivity index (χ2v) is 7.56. The van der Waals surface area contributed by atoms with Gasteiger partial charge in [-0.05, 0) is 43.9 Å². The van der Waals surface area contributed by atoms with Gasteiger partial charge in [0.1, 0.15) is 0 Å². The first kappa shape index (κ1) is 20.2. The Bertz CT molecular complexity index is 821. The smallest absolute Gasteiger partial charge is 0.239 e. The van der Waals surface area contributed by atoms with Crippen LogP contribution in [0.25, 0.3) is 11.3 Å². The molecule has 1 aromatic carbocycles. The van der Waals surface area contributed by atoms with Crippen LogP contribution in [0.15, 0.2) is 36.4 Å². The molecule has 3 rings (SSSR count). The van der Waals surface area contributed by atoms with Gasteiger partial charge in [-0.3, -0.25) is 14.4 Å². The zero-order valence-electron chi connectivity index (χ0n) is 17.0. The Balaban J connectivity index is 1.53. The van der Waals surface area contributed by atoms with E-state index in [0.29, 0.717) is 6.54 Å². The van der Waals surface area contributed by atoms with Gasteiger partial charge < -0.3 is 4.90 Å². The number of hydrogen-bond acceptors (Lipinski definition) is 3. The van der Waals surface area contributed by atoms with Crippen LogP contribution < -0.4 is 0 Å². The molecule has 0 N–H and O–H groups in total. The van der Waals surface area contributed by atoms with Crippen molar-refractivity contribution in [2.75, 3.05) is 26.7 Å². The van der Waals surface area contributed by atoms with Crippen molar-refractivity contribution in [1.82, 2.24) is 19.6 Å². The summed E-state index contributed by atoms with van der Waals surface area (Å²) in [5.74, 6) is 2.89. The van der Waals surface area contributed by atoms with Gasteiger partial charge in [0, 0.05) is 20.6 Å². The maximum absolute atomic E-state index is 12.9. The molecular formula is C23H30N4O. The van der Waals surface area contributed by atoms with Gasteiger partial charge in [0.05, 0.1) is 24.0 Å². The van der Waals surface area contributed by atoms with Crippen molar-refractivity contribution < 1.29 is 4.79 Å². The number of piperidine rings is 1. The number of benzene rings is 1. The van der Waals surface area contributed by atoms with Gasteiger partial charge in [-0.25, -0.2) is 0 Å². The fraction of sp³-hybridized carbons (Fsp3) is 0.478. The molecule has 0 radical (unpaired) electrons. The largest absolute Gasteiger partial charge is 0.344 e. The van der Waals surface area contributed by atoms with Crippen LogP contribution in [-0.2, 0) is 18.3 Å². The van der Waals surface area contributed by atoms with Gasteiger partial charge in [0.25, 0.3) is 0 Å². The number of terminal acetylenes is 1. The maximum Gasteiger partial charge on any atom is 0.239 e. The van der Waals surface area contributed by atoms with E-state index in [2.05, 4.69) is 34.1 Å². The normalized spacial score (nSPS) is 17.2. The summed E-state index contributed by atoms with van der Waals surface area (Å²) >= 11 is 0. The fourth-order valence-electron chi connectivity index (χ4n) is 3.97. The van der Waals surface area contributed by atoms with E-state index >= 15 is 0 Å². The molecule has 0 aliphatic carbocycles. The Morgan fingerprint density at radius 1 is 1.32 bits per heavy atom. The summed E-state index contributed by atoms with van der Waals surface area (Å²) in [6.45, 7) is 2.21. The summed E-state index contributed by atoms with van der Waals surface area (Å²) < 4.78 is 1.93. The van der Waals surface area contributed by atoms with Crippen LogP contribution in [0.4, 0.5) is 0 Å². The van der Waals surface area contributed by atoms with Gasteiger partial charge in [-0.15, -0.1) is 6.42 Å². The number of carbonyl (C=O) groups is 1. The summed E-state index contributed by atoms with van der Waals surface area (Å²) in [6.07, 6.45) is 10.4. The van der Waals surface area contributed by atoms with Crippen molar-refractivity contribution in [2.24, 2.45) is 7.05 Å². The summed E-state index contributed by atoms with van der Waals surface area (Å²) in [7, 11) is 3.88. The molecule has 1 aliphatic rings. The topological polar surface area (TPSA) is 41.4 Å². The monoisotopic (exact) mass is 378 g/mol. The number of carbonyl (C=O) groups excluding carboxylic acids is 1. The SMILES string of the molecule is C#CCN1CCCC[C@H]1C(=O)N(C)CCCc1cc(-c2ccccc2)n(C)n1. The van der Waals surface area contributed by atoms with Crippen LogP contribution in [0, 0.1) is 12.3 Å². The third-order valence-electron chi connectivity index (χ3n) is 5.50. The molecule has 1 amide bonds. The highest BCUT2D eigenvalue weighted by Crippen LogP contribution is 2.21. The lowest BCUT2D eigenvalue weighted by Crippen LogP contribution is -2.50. The molecule has 0 spiro atoms. The molecule has 2 heterocycles. The summed E-state index contributed by atoms with van der Waals surface area (Å²) in [5.41, 5.74) is 3.35. The molecule has 0 unspecified atom stereocenters. The molecule has 0 saturated carbocycles. The van der Waals surface area contributed by atoms with Crippen molar-refractivity contribution in [3.63, 3.8) is 0 Å². The number of nitrogens with zero attached hydrogens (tertiary/aromatic N) is 4. The first-order valence-electron chi connectivity index (χ1n) is 10.1. The second-order valence-electron chi connectivity index (χ2n) is 7.56. The number of hydrogen-bond donors (Lipinski definition) is 0. The van der Waals surface area contributed by atoms with Gasteiger partial charge in [-0.1, -0.05) is 42.7 Å². The molecular weight excluding hydrogens is 348 g/mol. The van der Waals surface area contributed by atoms with Crippen molar-refractivity contribution in [2.45, 2.75) is 38.1 Å². The molecule has 28 heavy (non-hydrogen) atoms. The molecule has 1 saturated heterocycles. The third kappa shape index (κ3) is 4.82. The Morgan fingerprint density at radius 3 is 2.86 bits per heavy atom. The average Bonchev–Trinajstić information content (AvgIpc) is 3.09. The Hall–Kier alpha value is -2.58. The van der Waals surface area contributed by atoms with E-state index in [-0.39, 0.29) is 11.9 Å². The lowest BCUT2D eigenvalue weighted by molar-refractivity contribution is -0.136. The molecule has 1 fully saturated rings. The molecule has 5 heteroatoms. The molecule has 1 atom stereocenters. The van der Waals surface area contributed by atoms with Crippen LogP contribution in [-0.4, -0.2) is 58.2 Å². The summed E-state index contributed by atoms with van der Waals surface area (Å²) in [6, 6.07) is 12.4. The van der Waals surface area contributed by atoms with E-state index in [4.69, 9.17) is 6.42 Å². The summed E-state index contributed by atoms with van der Waals surface area (Å²) in [5, 5.41) is 4.64. The van der Waals surface area contributed by atoms with Crippen molar-refractivity contribution in [3.8, 4) is 23.6 Å². The van der Waals surface area contributed by atoms with Crippen molar-refractivity contribution in [1.29, 1.82) is 0 Å². The number of likely N-dealkylation sites (N-methyl/N-ethyl adjacent to an activating group) is 1. The Kier molecular flexibility index (Phi) is 6.89. The zero-order chi connectivity index (χ0) is 19.9. The van der Waals surface area contributed by atoms with Crippen molar-refractivity contribution >= 4 is 5.91 Å². The van der Waals surface area contributed by atoms with Gasteiger partial charge in [-0.2, -0.15) is 5.10 Å². The van der Waals surface area contributed by atoms with Crippen LogP contribution >= 0.6 is 0 Å². The van der Waals surface area contributed by atoms with Crippen LogP contribution in [0.3, 0.4) is 0 Å². The highest BCUT2D eigenvalue weighted by atomic mass is 16.2. The molecule has 0 bridgehead atoms. The van der Waals surface area contributed by atoms with Crippen LogP contribution in [0.1, 0.15) is 31.4 Å². The minimum absolute atomic E-state index is 0.0608. The van der Waals surface area contributed by atoms with Crippen LogP contribution in [0.5, 0.6) is 0 Å². The molecule has 1 aromatic heterocycles. The van der Waals surface area contributed by atoms with E-state index in [0.717, 1.165) is 56.6 Å². The van der Waals surface area contributed by atoms with Gasteiger partial charge >= 0.3 is 0 Å². The molecule has 1 aliphatic heterocycles. The van der Waals surface area contributed by atoms with Gasteiger partial charge in [0.15, 0.2) is 0 Å². The lowest BCUT2D eigenvalue weighted by atomic mass is 10.0. The quantitative estimate of drug-likeness (QED) is 0.696. The Morgan fingerprint density at radius 2 is 2.11 bits per heavy atom. The number of rotatable bonds is 7. The van der Waals surface area contributed by atoms with E-state index in [1.165, 1.54) is 5.56 Å². The predicted molar refractivity (Wildman–Crippen MR) is 113 cm³/mol. The number of likely N-dealkylation sites (tertiary alicyclic amines) is 1. The minimum Gasteiger partial charge on any atom is -0.344 e. The van der Waals surface area contributed by atoms with E-state index in [1.807, 2.05) is 41.9 Å². The highest BCUT2D eigenvalue weighted by Gasteiger charge is 2.29. The first-order valence-corrected chi connectivity index (χ1v) is 10.1. The average molecular weight is 379 g/mol. The lowest BCUT2D eigenvalue weighted by Gasteiger charge is -2.35. The first-order chi connectivity index (χ1) is 13.6. The second kappa shape index (κ2) is 9.57. The Labute approximate surface area is 168 Å². The number of aryl methyl sites for hydroxylation is 2. The molecule has 2 aromatic rings. The van der Waals surface area contributed by atoms with E-state index in [9.17, 15) is 4.79 Å². The highest BCUT2D eigenvalue weighted by molar-refractivity contribution is 5.81. The predicted octanol–water partition coefficient (Wildman–Crippen LogP) is 2.97. The van der Waals surface area contributed by atoms with Crippen LogP contribution in [0.2, 0.25) is 0 Å².